The van der Waals surface area contributed by atoms with E-state index in [0.717, 1.165) is 12.5 Å². The fourth-order valence-electron chi connectivity index (χ4n) is 3.90. The highest BCUT2D eigenvalue weighted by Gasteiger charge is 2.21. The molecule has 19 heavy (non-hydrogen) atoms. The van der Waals surface area contributed by atoms with Crippen LogP contribution in [0.15, 0.2) is 11.6 Å². The lowest BCUT2D eigenvalue weighted by Crippen LogP contribution is -2.33. The molecule has 1 nitrogen and oxygen atoms in total. The van der Waals surface area contributed by atoms with E-state index in [1.165, 1.54) is 77.0 Å². The van der Waals surface area contributed by atoms with Crippen molar-refractivity contribution in [3.05, 3.63) is 11.6 Å². The van der Waals surface area contributed by atoms with Gasteiger partial charge in [-0.1, -0.05) is 63.5 Å². The second kappa shape index (κ2) is 8.79. The first-order chi connectivity index (χ1) is 9.40. The number of allylic oxidation sites excluding steroid dienone is 1. The number of hydrogen-bond donors (Lipinski definition) is 1. The molecule has 0 spiro atoms. The topological polar surface area (TPSA) is 12.0 Å². The zero-order valence-corrected chi connectivity index (χ0v) is 12.9. The third-order valence-electron chi connectivity index (χ3n) is 5.02. The van der Waals surface area contributed by atoms with Crippen LogP contribution in [0.25, 0.3) is 0 Å². The summed E-state index contributed by atoms with van der Waals surface area (Å²) in [7, 11) is 0. The maximum Gasteiger partial charge on any atom is 0.0281 e. The smallest absolute Gasteiger partial charge is 0.0281 e. The molecule has 0 amide bonds. The second-order valence-corrected chi connectivity index (χ2v) is 6.58. The standard InChI is InChI=1S/C18H33N/c1-2-19-18(15-16-11-7-6-8-12-16)17-13-9-4-3-5-10-14-17/h13,16,18-19H,2-12,14-15H2,1H3. The minimum atomic E-state index is 0.686. The van der Waals surface area contributed by atoms with Crippen molar-refractivity contribution in [1.29, 1.82) is 0 Å². The van der Waals surface area contributed by atoms with Crippen LogP contribution in [-0.2, 0) is 0 Å². The first-order valence-electron chi connectivity index (χ1n) is 8.82. The van der Waals surface area contributed by atoms with Crippen molar-refractivity contribution in [3.8, 4) is 0 Å². The Morgan fingerprint density at radius 1 is 1.05 bits per heavy atom. The molecule has 1 atom stereocenters. The molecule has 0 saturated heterocycles. The van der Waals surface area contributed by atoms with Gasteiger partial charge >= 0.3 is 0 Å². The molecule has 0 aromatic heterocycles. The van der Waals surface area contributed by atoms with Gasteiger partial charge in [-0.05, 0) is 44.6 Å². The van der Waals surface area contributed by atoms with Gasteiger partial charge in [-0.2, -0.15) is 0 Å². The Morgan fingerprint density at radius 3 is 2.58 bits per heavy atom. The summed E-state index contributed by atoms with van der Waals surface area (Å²) in [4.78, 5) is 0. The fraction of sp³-hybridized carbons (Fsp3) is 0.889. The van der Waals surface area contributed by atoms with E-state index in [1.807, 2.05) is 0 Å². The predicted molar refractivity (Wildman–Crippen MR) is 84.4 cm³/mol. The normalized spacial score (nSPS) is 24.4. The molecule has 1 heteroatoms. The summed E-state index contributed by atoms with van der Waals surface area (Å²) >= 11 is 0. The summed E-state index contributed by atoms with van der Waals surface area (Å²) in [6, 6.07) is 0.686. The molecule has 0 radical (unpaired) electrons. The SMILES string of the molecule is CCNC(CC1CCCCC1)C1=CCCCCCC1. The first-order valence-corrected chi connectivity index (χ1v) is 8.82. The van der Waals surface area contributed by atoms with E-state index in [4.69, 9.17) is 0 Å². The van der Waals surface area contributed by atoms with Gasteiger partial charge in [-0.15, -0.1) is 0 Å². The van der Waals surface area contributed by atoms with E-state index in [9.17, 15) is 0 Å². The average Bonchev–Trinajstić information content (AvgIpc) is 2.39. The Bertz CT molecular complexity index is 263. The van der Waals surface area contributed by atoms with Crippen LogP contribution in [-0.4, -0.2) is 12.6 Å². The average molecular weight is 263 g/mol. The Morgan fingerprint density at radius 2 is 1.79 bits per heavy atom. The van der Waals surface area contributed by atoms with Gasteiger partial charge in [-0.25, -0.2) is 0 Å². The van der Waals surface area contributed by atoms with Crippen molar-refractivity contribution in [2.45, 2.75) is 90.0 Å². The third kappa shape index (κ3) is 5.30. The quantitative estimate of drug-likeness (QED) is 0.671. The largest absolute Gasteiger partial charge is 0.311 e. The Hall–Kier alpha value is -0.300. The molecular weight excluding hydrogens is 230 g/mol. The number of hydrogen-bond acceptors (Lipinski definition) is 1. The fourth-order valence-corrected chi connectivity index (χ4v) is 3.90. The minimum Gasteiger partial charge on any atom is -0.311 e. The predicted octanol–water partition coefficient (Wildman–Crippen LogP) is 5.22. The molecule has 0 aliphatic heterocycles. The van der Waals surface area contributed by atoms with Crippen molar-refractivity contribution >= 4 is 0 Å². The lowest BCUT2D eigenvalue weighted by Gasteiger charge is -2.29. The summed E-state index contributed by atoms with van der Waals surface area (Å²) in [5, 5.41) is 3.78. The highest BCUT2D eigenvalue weighted by Crippen LogP contribution is 2.30. The Kier molecular flexibility index (Phi) is 6.98. The van der Waals surface area contributed by atoms with Crippen LogP contribution in [0.1, 0.15) is 84.0 Å². The van der Waals surface area contributed by atoms with Gasteiger partial charge in [0.1, 0.15) is 0 Å². The van der Waals surface area contributed by atoms with E-state index in [-0.39, 0.29) is 0 Å². The molecular formula is C18H33N. The van der Waals surface area contributed by atoms with E-state index < -0.39 is 0 Å². The van der Waals surface area contributed by atoms with Gasteiger partial charge < -0.3 is 5.32 Å². The molecule has 2 rings (SSSR count). The van der Waals surface area contributed by atoms with Gasteiger partial charge in [0, 0.05) is 6.04 Å². The van der Waals surface area contributed by atoms with E-state index in [2.05, 4.69) is 18.3 Å². The monoisotopic (exact) mass is 263 g/mol. The zero-order chi connectivity index (χ0) is 13.3. The number of likely N-dealkylation sites (N-methyl/N-ethyl adjacent to an activating group) is 1. The highest BCUT2D eigenvalue weighted by molar-refractivity contribution is 5.12. The van der Waals surface area contributed by atoms with Crippen LogP contribution in [0, 0.1) is 5.92 Å². The van der Waals surface area contributed by atoms with E-state index in [0.29, 0.717) is 6.04 Å². The number of nitrogens with one attached hydrogen (secondary N) is 1. The molecule has 0 aromatic rings. The molecule has 2 aliphatic rings. The van der Waals surface area contributed by atoms with Crippen molar-refractivity contribution in [3.63, 3.8) is 0 Å². The van der Waals surface area contributed by atoms with Crippen molar-refractivity contribution < 1.29 is 0 Å². The van der Waals surface area contributed by atoms with Crippen LogP contribution in [0.3, 0.4) is 0 Å². The number of rotatable bonds is 5. The van der Waals surface area contributed by atoms with Crippen LogP contribution >= 0.6 is 0 Å². The van der Waals surface area contributed by atoms with Gasteiger partial charge in [0.05, 0.1) is 0 Å². The molecule has 0 bridgehead atoms. The van der Waals surface area contributed by atoms with Crippen LogP contribution in [0.4, 0.5) is 0 Å². The highest BCUT2D eigenvalue weighted by atomic mass is 14.9. The van der Waals surface area contributed by atoms with Crippen molar-refractivity contribution in [2.75, 3.05) is 6.54 Å². The van der Waals surface area contributed by atoms with E-state index in [1.54, 1.807) is 5.57 Å². The van der Waals surface area contributed by atoms with Crippen LogP contribution in [0.2, 0.25) is 0 Å². The lowest BCUT2D eigenvalue weighted by atomic mass is 9.82. The van der Waals surface area contributed by atoms with Gasteiger partial charge in [0.25, 0.3) is 0 Å². The van der Waals surface area contributed by atoms with Crippen LogP contribution < -0.4 is 5.32 Å². The second-order valence-electron chi connectivity index (χ2n) is 6.58. The summed E-state index contributed by atoms with van der Waals surface area (Å²) in [6.07, 6.45) is 19.8. The van der Waals surface area contributed by atoms with Crippen LogP contribution in [0.5, 0.6) is 0 Å². The summed E-state index contributed by atoms with van der Waals surface area (Å²) < 4.78 is 0. The zero-order valence-electron chi connectivity index (χ0n) is 12.9. The van der Waals surface area contributed by atoms with Crippen molar-refractivity contribution in [1.82, 2.24) is 5.32 Å². The summed E-state index contributed by atoms with van der Waals surface area (Å²) in [5.74, 6) is 0.990. The van der Waals surface area contributed by atoms with Crippen molar-refractivity contribution in [2.24, 2.45) is 5.92 Å². The minimum absolute atomic E-state index is 0.686. The molecule has 1 unspecified atom stereocenters. The molecule has 1 saturated carbocycles. The Balaban J connectivity index is 1.92. The molecule has 2 aliphatic carbocycles. The molecule has 0 heterocycles. The van der Waals surface area contributed by atoms with Gasteiger partial charge in [0.15, 0.2) is 0 Å². The maximum absolute atomic E-state index is 3.78. The third-order valence-corrected chi connectivity index (χ3v) is 5.02. The summed E-state index contributed by atoms with van der Waals surface area (Å²) in [6.45, 7) is 3.38. The molecule has 1 fully saturated rings. The maximum atomic E-state index is 3.78. The molecule has 1 N–H and O–H groups in total. The lowest BCUT2D eigenvalue weighted by molar-refractivity contribution is 0.309. The first kappa shape index (κ1) is 15.1. The Labute approximate surface area is 120 Å². The van der Waals surface area contributed by atoms with Gasteiger partial charge in [-0.3, -0.25) is 0 Å². The summed E-state index contributed by atoms with van der Waals surface area (Å²) in [5.41, 5.74) is 1.74. The molecule has 110 valence electrons. The van der Waals surface area contributed by atoms with E-state index >= 15 is 0 Å². The molecule has 0 aromatic carbocycles. The van der Waals surface area contributed by atoms with Gasteiger partial charge in [0.2, 0.25) is 0 Å².